The largest absolute Gasteiger partial charge is 0.388 e. The average molecular weight is 247 g/mol. The first-order valence-electron chi connectivity index (χ1n) is 6.94. The van der Waals surface area contributed by atoms with Gasteiger partial charge in [-0.25, -0.2) is 0 Å². The third-order valence-corrected chi connectivity index (χ3v) is 4.61. The van der Waals surface area contributed by atoms with Gasteiger partial charge in [0, 0.05) is 12.0 Å². The number of hydrogen-bond donors (Lipinski definition) is 2. The van der Waals surface area contributed by atoms with E-state index in [2.05, 4.69) is 39.0 Å². The molecule has 2 rings (SSSR count). The number of nitrogens with two attached hydrogens (primary N) is 1. The zero-order valence-corrected chi connectivity index (χ0v) is 11.7. The van der Waals surface area contributed by atoms with Crippen molar-refractivity contribution in [2.24, 2.45) is 17.1 Å². The summed E-state index contributed by atoms with van der Waals surface area (Å²) >= 11 is 0. The number of aryl methyl sites for hydroxylation is 2. The van der Waals surface area contributed by atoms with Crippen LogP contribution in [0.1, 0.15) is 49.0 Å². The molecule has 1 aliphatic rings. The van der Waals surface area contributed by atoms with Crippen molar-refractivity contribution in [3.63, 3.8) is 0 Å². The number of hydrogen-bond acceptors (Lipinski definition) is 2. The Labute approximate surface area is 110 Å². The molecule has 0 radical (unpaired) electrons. The third-order valence-electron chi connectivity index (χ3n) is 4.61. The summed E-state index contributed by atoms with van der Waals surface area (Å²) in [4.78, 5) is 0. The minimum Gasteiger partial charge on any atom is -0.388 e. The lowest BCUT2D eigenvalue weighted by Gasteiger charge is -2.34. The predicted octanol–water partition coefficient (Wildman–Crippen LogP) is 3.10. The van der Waals surface area contributed by atoms with Gasteiger partial charge >= 0.3 is 0 Å². The second-order valence-corrected chi connectivity index (χ2v) is 6.18. The summed E-state index contributed by atoms with van der Waals surface area (Å²) < 4.78 is 0. The fourth-order valence-electron chi connectivity index (χ4n) is 3.36. The smallest absolute Gasteiger partial charge is 0.0861 e. The van der Waals surface area contributed by atoms with Crippen molar-refractivity contribution >= 4 is 0 Å². The topological polar surface area (TPSA) is 46.2 Å². The van der Waals surface area contributed by atoms with Crippen LogP contribution in [-0.2, 0) is 0 Å². The molecule has 2 heteroatoms. The summed E-state index contributed by atoms with van der Waals surface area (Å²) in [6, 6.07) is 6.30. The molecule has 0 spiro atoms. The van der Waals surface area contributed by atoms with E-state index in [1.807, 2.05) is 0 Å². The minimum absolute atomic E-state index is 0.113. The van der Waals surface area contributed by atoms with E-state index in [0.717, 1.165) is 18.4 Å². The van der Waals surface area contributed by atoms with Crippen LogP contribution in [0.2, 0.25) is 0 Å². The first-order chi connectivity index (χ1) is 8.48. The van der Waals surface area contributed by atoms with Gasteiger partial charge in [-0.1, -0.05) is 37.1 Å². The van der Waals surface area contributed by atoms with Gasteiger partial charge in [0.25, 0.3) is 0 Å². The van der Waals surface area contributed by atoms with Crippen LogP contribution in [0.15, 0.2) is 18.2 Å². The molecule has 18 heavy (non-hydrogen) atoms. The molecule has 0 aliphatic heterocycles. The summed E-state index contributed by atoms with van der Waals surface area (Å²) in [6.45, 7) is 6.97. The standard InChI is InChI=1S/C16H25NO/c1-11-4-5-13(3)14(8-11)15(18)16(10-17)7-6-12(2)9-16/h4-5,8,12,15,18H,6-7,9-10,17H2,1-3H3. The van der Waals surface area contributed by atoms with Crippen molar-refractivity contribution in [2.75, 3.05) is 6.54 Å². The molecule has 0 bridgehead atoms. The number of rotatable bonds is 3. The molecule has 1 aliphatic carbocycles. The summed E-state index contributed by atoms with van der Waals surface area (Å²) in [5.74, 6) is 0.674. The maximum Gasteiger partial charge on any atom is 0.0861 e. The first kappa shape index (κ1) is 13.6. The molecule has 3 atom stereocenters. The highest BCUT2D eigenvalue weighted by atomic mass is 16.3. The van der Waals surface area contributed by atoms with Gasteiger partial charge in [-0.15, -0.1) is 0 Å². The molecule has 0 heterocycles. The maximum atomic E-state index is 10.8. The average Bonchev–Trinajstić information content (AvgIpc) is 2.74. The fraction of sp³-hybridized carbons (Fsp3) is 0.625. The summed E-state index contributed by atoms with van der Waals surface area (Å²) in [7, 11) is 0. The second kappa shape index (κ2) is 5.02. The number of aliphatic hydroxyl groups is 1. The monoisotopic (exact) mass is 247 g/mol. The molecule has 0 aromatic heterocycles. The van der Waals surface area contributed by atoms with Crippen LogP contribution in [-0.4, -0.2) is 11.7 Å². The molecule has 100 valence electrons. The van der Waals surface area contributed by atoms with Crippen LogP contribution in [0, 0.1) is 25.2 Å². The molecule has 1 saturated carbocycles. The van der Waals surface area contributed by atoms with Crippen molar-refractivity contribution in [1.82, 2.24) is 0 Å². The molecule has 3 unspecified atom stereocenters. The van der Waals surface area contributed by atoms with E-state index in [-0.39, 0.29) is 5.41 Å². The molecule has 3 N–H and O–H groups in total. The van der Waals surface area contributed by atoms with E-state index < -0.39 is 6.10 Å². The summed E-state index contributed by atoms with van der Waals surface area (Å²) in [5, 5.41) is 10.8. The Morgan fingerprint density at radius 1 is 1.44 bits per heavy atom. The van der Waals surface area contributed by atoms with Crippen LogP contribution in [0.5, 0.6) is 0 Å². The van der Waals surface area contributed by atoms with Crippen LogP contribution < -0.4 is 5.73 Å². The van der Waals surface area contributed by atoms with Gasteiger partial charge in [-0.3, -0.25) is 0 Å². The lowest BCUT2D eigenvalue weighted by Crippen LogP contribution is -2.35. The Balaban J connectivity index is 2.34. The molecule has 0 amide bonds. The van der Waals surface area contributed by atoms with E-state index in [0.29, 0.717) is 12.5 Å². The van der Waals surface area contributed by atoms with Gasteiger partial charge in [0.1, 0.15) is 0 Å². The summed E-state index contributed by atoms with van der Waals surface area (Å²) in [5.41, 5.74) is 9.32. The van der Waals surface area contributed by atoms with Crippen LogP contribution >= 0.6 is 0 Å². The quantitative estimate of drug-likeness (QED) is 0.862. The van der Waals surface area contributed by atoms with Crippen molar-refractivity contribution in [1.29, 1.82) is 0 Å². The number of aliphatic hydroxyl groups excluding tert-OH is 1. The predicted molar refractivity (Wildman–Crippen MR) is 75.4 cm³/mol. The Hall–Kier alpha value is -0.860. The van der Waals surface area contributed by atoms with Gasteiger partial charge in [-0.2, -0.15) is 0 Å². The SMILES string of the molecule is Cc1ccc(C)c(C(O)C2(CN)CCC(C)C2)c1. The van der Waals surface area contributed by atoms with E-state index in [9.17, 15) is 5.11 Å². The molecule has 1 aromatic carbocycles. The van der Waals surface area contributed by atoms with E-state index in [1.54, 1.807) is 0 Å². The van der Waals surface area contributed by atoms with Crippen molar-refractivity contribution in [3.8, 4) is 0 Å². The Morgan fingerprint density at radius 3 is 2.72 bits per heavy atom. The zero-order valence-electron chi connectivity index (χ0n) is 11.7. The van der Waals surface area contributed by atoms with E-state index in [4.69, 9.17) is 5.73 Å². The minimum atomic E-state index is -0.424. The van der Waals surface area contributed by atoms with Gasteiger partial charge in [-0.05, 0) is 43.7 Å². The fourth-order valence-corrected chi connectivity index (χ4v) is 3.36. The van der Waals surface area contributed by atoms with Crippen molar-refractivity contribution in [3.05, 3.63) is 34.9 Å². The van der Waals surface area contributed by atoms with Crippen LogP contribution in [0.3, 0.4) is 0 Å². The highest BCUT2D eigenvalue weighted by Gasteiger charge is 2.43. The Bertz CT molecular complexity index is 429. The lowest BCUT2D eigenvalue weighted by atomic mass is 9.75. The number of benzene rings is 1. The molecule has 2 nitrogen and oxygen atoms in total. The molecule has 1 fully saturated rings. The molecular formula is C16H25NO. The molecule has 1 aromatic rings. The van der Waals surface area contributed by atoms with Crippen LogP contribution in [0.4, 0.5) is 0 Å². The van der Waals surface area contributed by atoms with Gasteiger partial charge in [0.15, 0.2) is 0 Å². The maximum absolute atomic E-state index is 10.8. The summed E-state index contributed by atoms with van der Waals surface area (Å²) in [6.07, 6.45) is 2.84. The Morgan fingerprint density at radius 2 is 2.17 bits per heavy atom. The van der Waals surface area contributed by atoms with Crippen molar-refractivity contribution in [2.45, 2.75) is 46.1 Å². The Kier molecular flexibility index (Phi) is 3.79. The van der Waals surface area contributed by atoms with Gasteiger partial charge in [0.05, 0.1) is 6.10 Å². The third kappa shape index (κ3) is 2.32. The van der Waals surface area contributed by atoms with Gasteiger partial charge < -0.3 is 10.8 Å². The second-order valence-electron chi connectivity index (χ2n) is 6.18. The lowest BCUT2D eigenvalue weighted by molar-refractivity contribution is 0.0303. The molecular weight excluding hydrogens is 222 g/mol. The van der Waals surface area contributed by atoms with Gasteiger partial charge in [0.2, 0.25) is 0 Å². The highest BCUT2D eigenvalue weighted by molar-refractivity contribution is 5.33. The highest BCUT2D eigenvalue weighted by Crippen LogP contribution is 2.49. The van der Waals surface area contributed by atoms with Crippen LogP contribution in [0.25, 0.3) is 0 Å². The zero-order chi connectivity index (χ0) is 13.3. The van der Waals surface area contributed by atoms with E-state index in [1.165, 1.54) is 17.5 Å². The molecule has 0 saturated heterocycles. The first-order valence-corrected chi connectivity index (χ1v) is 6.94. The van der Waals surface area contributed by atoms with Crippen molar-refractivity contribution < 1.29 is 5.11 Å². The normalized spacial score (nSPS) is 29.5. The van der Waals surface area contributed by atoms with E-state index >= 15 is 0 Å².